The van der Waals surface area contributed by atoms with Gasteiger partial charge >= 0.3 is 0 Å². The van der Waals surface area contributed by atoms with E-state index in [2.05, 4.69) is 67.3 Å². The molecule has 0 aliphatic carbocycles. The van der Waals surface area contributed by atoms with Crippen LogP contribution in [0.2, 0.25) is 0 Å². The fourth-order valence-corrected chi connectivity index (χ4v) is 3.05. The van der Waals surface area contributed by atoms with E-state index in [-0.39, 0.29) is 11.8 Å². The molecule has 0 spiro atoms. The highest BCUT2D eigenvalue weighted by Gasteiger charge is 2.25. The maximum Gasteiger partial charge on any atom is 0.225 e. The number of rotatable bonds is 4. The predicted octanol–water partition coefficient (Wildman–Crippen LogP) is 3.08. The van der Waals surface area contributed by atoms with Gasteiger partial charge in [-0.1, -0.05) is 29.8 Å². The molecule has 1 N–H and O–H groups in total. The minimum atomic E-state index is 0.0714. The number of carbonyl (C=O) groups is 1. The molecule has 126 valence electrons. The van der Waals surface area contributed by atoms with Crippen molar-refractivity contribution < 1.29 is 4.79 Å². The average Bonchev–Trinajstić information content (AvgIpc) is 2.62. The van der Waals surface area contributed by atoms with Gasteiger partial charge in [-0.05, 0) is 41.3 Å². The summed E-state index contributed by atoms with van der Waals surface area (Å²) in [7, 11) is 0. The molecule has 24 heavy (non-hydrogen) atoms. The molecule has 0 atom stereocenters. The standard InChI is InChI=1S/C18H21BrN4O/c1-13-2-4-14(5-3-13)10-20-17(24)15-6-8-23(9-7-15)18-21-11-16(19)12-22-18/h2-5,11-12,15H,6-10H2,1H3,(H,20,24). The van der Waals surface area contributed by atoms with Crippen LogP contribution in [0.5, 0.6) is 0 Å². The molecule has 1 aromatic heterocycles. The van der Waals surface area contributed by atoms with Gasteiger partial charge in [0.15, 0.2) is 0 Å². The molecule has 0 unspecified atom stereocenters. The zero-order valence-corrected chi connectivity index (χ0v) is 15.3. The second kappa shape index (κ2) is 7.75. The third kappa shape index (κ3) is 4.32. The summed E-state index contributed by atoms with van der Waals surface area (Å²) < 4.78 is 0.872. The van der Waals surface area contributed by atoms with Crippen LogP contribution in [-0.2, 0) is 11.3 Å². The van der Waals surface area contributed by atoms with Gasteiger partial charge in [-0.2, -0.15) is 0 Å². The number of piperidine rings is 1. The molecule has 2 aromatic rings. The number of anilines is 1. The van der Waals surface area contributed by atoms with E-state index in [1.54, 1.807) is 12.4 Å². The second-order valence-corrected chi connectivity index (χ2v) is 7.08. The van der Waals surface area contributed by atoms with Crippen molar-refractivity contribution in [1.82, 2.24) is 15.3 Å². The van der Waals surface area contributed by atoms with E-state index in [4.69, 9.17) is 0 Å². The SMILES string of the molecule is Cc1ccc(CNC(=O)C2CCN(c3ncc(Br)cn3)CC2)cc1. The number of benzene rings is 1. The van der Waals surface area contributed by atoms with Crippen molar-refractivity contribution in [3.63, 3.8) is 0 Å². The number of carbonyl (C=O) groups excluding carboxylic acids is 1. The summed E-state index contributed by atoms with van der Waals surface area (Å²) in [6.07, 6.45) is 5.17. The fourth-order valence-electron chi connectivity index (χ4n) is 2.85. The Balaban J connectivity index is 1.48. The Kier molecular flexibility index (Phi) is 5.45. The summed E-state index contributed by atoms with van der Waals surface area (Å²) in [6.45, 7) is 4.27. The summed E-state index contributed by atoms with van der Waals surface area (Å²) in [5.74, 6) is 0.950. The van der Waals surface area contributed by atoms with Crippen molar-refractivity contribution in [3.05, 3.63) is 52.3 Å². The van der Waals surface area contributed by atoms with Crippen LogP contribution in [0, 0.1) is 12.8 Å². The van der Waals surface area contributed by atoms with Gasteiger partial charge in [0, 0.05) is 37.9 Å². The summed E-state index contributed by atoms with van der Waals surface area (Å²) in [5, 5.41) is 3.06. The van der Waals surface area contributed by atoms with Gasteiger partial charge in [0.1, 0.15) is 0 Å². The molecule has 1 amide bonds. The predicted molar refractivity (Wildman–Crippen MR) is 97.7 cm³/mol. The van der Waals surface area contributed by atoms with Crippen molar-refractivity contribution >= 4 is 27.8 Å². The van der Waals surface area contributed by atoms with Crippen LogP contribution in [0.4, 0.5) is 5.95 Å². The summed E-state index contributed by atoms with van der Waals surface area (Å²) in [6, 6.07) is 8.25. The highest BCUT2D eigenvalue weighted by Crippen LogP contribution is 2.21. The van der Waals surface area contributed by atoms with E-state index in [1.165, 1.54) is 5.56 Å². The second-order valence-electron chi connectivity index (χ2n) is 6.17. The Labute approximate surface area is 150 Å². The van der Waals surface area contributed by atoms with Crippen molar-refractivity contribution in [2.24, 2.45) is 5.92 Å². The van der Waals surface area contributed by atoms with Gasteiger partial charge in [0.2, 0.25) is 11.9 Å². The molecule has 1 fully saturated rings. The zero-order chi connectivity index (χ0) is 16.9. The van der Waals surface area contributed by atoms with Crippen LogP contribution in [0.1, 0.15) is 24.0 Å². The molecule has 5 nitrogen and oxygen atoms in total. The molecule has 1 aromatic carbocycles. The summed E-state index contributed by atoms with van der Waals surface area (Å²) in [5.41, 5.74) is 2.36. The van der Waals surface area contributed by atoms with Crippen molar-refractivity contribution in [3.8, 4) is 0 Å². The largest absolute Gasteiger partial charge is 0.352 e. The van der Waals surface area contributed by atoms with Crippen molar-refractivity contribution in [2.45, 2.75) is 26.3 Å². The van der Waals surface area contributed by atoms with E-state index in [9.17, 15) is 4.79 Å². The number of aryl methyl sites for hydroxylation is 1. The Hall–Kier alpha value is -1.95. The molecule has 2 heterocycles. The molecule has 0 saturated carbocycles. The van der Waals surface area contributed by atoms with Gasteiger partial charge < -0.3 is 10.2 Å². The van der Waals surface area contributed by atoms with Gasteiger partial charge in [-0.3, -0.25) is 4.79 Å². The third-order valence-corrected chi connectivity index (χ3v) is 4.75. The first-order chi connectivity index (χ1) is 11.6. The van der Waals surface area contributed by atoms with Gasteiger partial charge in [-0.15, -0.1) is 0 Å². The third-order valence-electron chi connectivity index (χ3n) is 4.34. The number of nitrogens with one attached hydrogen (secondary N) is 1. The number of hydrogen-bond acceptors (Lipinski definition) is 4. The number of halogens is 1. The number of nitrogens with zero attached hydrogens (tertiary/aromatic N) is 3. The Morgan fingerprint density at radius 1 is 1.21 bits per heavy atom. The first-order valence-corrected chi connectivity index (χ1v) is 8.97. The lowest BCUT2D eigenvalue weighted by atomic mass is 9.96. The Morgan fingerprint density at radius 3 is 2.46 bits per heavy atom. The molecule has 1 aliphatic rings. The molecular weight excluding hydrogens is 368 g/mol. The van der Waals surface area contributed by atoms with E-state index in [0.717, 1.165) is 41.9 Å². The Morgan fingerprint density at radius 2 is 1.83 bits per heavy atom. The van der Waals surface area contributed by atoms with Crippen LogP contribution >= 0.6 is 15.9 Å². The molecule has 0 radical (unpaired) electrons. The molecule has 1 saturated heterocycles. The summed E-state index contributed by atoms with van der Waals surface area (Å²) >= 11 is 3.34. The lowest BCUT2D eigenvalue weighted by Gasteiger charge is -2.31. The maximum atomic E-state index is 12.4. The van der Waals surface area contributed by atoms with E-state index >= 15 is 0 Å². The molecule has 0 bridgehead atoms. The molecule has 6 heteroatoms. The van der Waals surface area contributed by atoms with Gasteiger partial charge in [0.05, 0.1) is 4.47 Å². The molecular formula is C18H21BrN4O. The fraction of sp³-hybridized carbons (Fsp3) is 0.389. The average molecular weight is 389 g/mol. The summed E-state index contributed by atoms with van der Waals surface area (Å²) in [4.78, 5) is 23.1. The number of hydrogen-bond donors (Lipinski definition) is 1. The van der Waals surface area contributed by atoms with Crippen LogP contribution < -0.4 is 10.2 Å². The van der Waals surface area contributed by atoms with E-state index in [0.29, 0.717) is 6.54 Å². The minimum Gasteiger partial charge on any atom is -0.352 e. The topological polar surface area (TPSA) is 58.1 Å². The minimum absolute atomic E-state index is 0.0714. The normalized spacial score (nSPS) is 15.3. The smallest absolute Gasteiger partial charge is 0.225 e. The quantitative estimate of drug-likeness (QED) is 0.873. The van der Waals surface area contributed by atoms with Crippen LogP contribution in [-0.4, -0.2) is 29.0 Å². The molecule has 3 rings (SSSR count). The van der Waals surface area contributed by atoms with Crippen molar-refractivity contribution in [1.29, 1.82) is 0 Å². The first-order valence-electron chi connectivity index (χ1n) is 8.17. The molecule has 1 aliphatic heterocycles. The van der Waals surface area contributed by atoms with Gasteiger partial charge in [0.25, 0.3) is 0 Å². The number of aromatic nitrogens is 2. The van der Waals surface area contributed by atoms with Crippen LogP contribution in [0.25, 0.3) is 0 Å². The van der Waals surface area contributed by atoms with Gasteiger partial charge in [-0.25, -0.2) is 9.97 Å². The first kappa shape index (κ1) is 16.9. The van der Waals surface area contributed by atoms with Crippen molar-refractivity contribution in [2.75, 3.05) is 18.0 Å². The van der Waals surface area contributed by atoms with Crippen LogP contribution in [0.3, 0.4) is 0 Å². The van der Waals surface area contributed by atoms with Crippen LogP contribution in [0.15, 0.2) is 41.1 Å². The lowest BCUT2D eigenvalue weighted by molar-refractivity contribution is -0.125. The highest BCUT2D eigenvalue weighted by molar-refractivity contribution is 9.10. The number of amides is 1. The lowest BCUT2D eigenvalue weighted by Crippen LogP contribution is -2.41. The van der Waals surface area contributed by atoms with E-state index in [1.807, 2.05) is 0 Å². The maximum absolute atomic E-state index is 12.4. The zero-order valence-electron chi connectivity index (χ0n) is 13.7. The monoisotopic (exact) mass is 388 g/mol. The highest BCUT2D eigenvalue weighted by atomic mass is 79.9. The van der Waals surface area contributed by atoms with E-state index < -0.39 is 0 Å². The Bertz CT molecular complexity index is 679.